The highest BCUT2D eigenvalue weighted by atomic mass is 16.1. The smallest absolute Gasteiger partial charge is 0.248 e. The minimum absolute atomic E-state index is 0.0173. The van der Waals surface area contributed by atoms with Crippen molar-refractivity contribution in [1.29, 1.82) is 0 Å². The lowest BCUT2D eigenvalue weighted by Gasteiger charge is -2.33. The normalized spacial score (nSPS) is 10.9. The number of nitrogens with two attached hydrogens (primary N) is 3. The van der Waals surface area contributed by atoms with Crippen molar-refractivity contribution < 1.29 is 4.79 Å². The lowest BCUT2D eigenvalue weighted by Crippen LogP contribution is -2.40. The number of nitrogens with zero attached hydrogens (tertiary/aromatic N) is 2. The van der Waals surface area contributed by atoms with Gasteiger partial charge in [-0.1, -0.05) is 12.1 Å². The van der Waals surface area contributed by atoms with Crippen molar-refractivity contribution in [1.82, 2.24) is 5.01 Å². The molecule has 0 aliphatic heterocycles. The summed E-state index contributed by atoms with van der Waals surface area (Å²) in [5.74, 6) is -0.424. The van der Waals surface area contributed by atoms with E-state index in [4.69, 9.17) is 17.2 Å². The van der Waals surface area contributed by atoms with Gasteiger partial charge in [0.15, 0.2) is 0 Å². The van der Waals surface area contributed by atoms with Gasteiger partial charge in [-0.25, -0.2) is 0 Å². The van der Waals surface area contributed by atoms with E-state index in [1.165, 1.54) is 0 Å². The maximum absolute atomic E-state index is 11.0. The Kier molecular flexibility index (Phi) is 4.37. The molecule has 0 aliphatic rings. The van der Waals surface area contributed by atoms with E-state index < -0.39 is 5.91 Å². The molecule has 0 atom stereocenters. The molecule has 0 aliphatic carbocycles. The molecule has 0 radical (unpaired) electrons. The lowest BCUT2D eigenvalue weighted by atomic mass is 10.1. The molecule has 1 aromatic carbocycles. The summed E-state index contributed by atoms with van der Waals surface area (Å²) in [4.78, 5) is 11.0. The Morgan fingerprint density at radius 2 is 1.68 bits per heavy atom. The first-order valence-electron chi connectivity index (χ1n) is 5.96. The molecule has 0 saturated heterocycles. The molecule has 0 spiro atoms. The van der Waals surface area contributed by atoms with Crippen LogP contribution >= 0.6 is 0 Å². The fourth-order valence-electron chi connectivity index (χ4n) is 1.51. The van der Waals surface area contributed by atoms with Crippen LogP contribution in [0.3, 0.4) is 0 Å². The molecule has 6 N–H and O–H groups in total. The Morgan fingerprint density at radius 1 is 1.16 bits per heavy atom. The second-order valence-electron chi connectivity index (χ2n) is 5.31. The Morgan fingerprint density at radius 3 is 2.05 bits per heavy atom. The molecule has 0 unspecified atom stereocenters. The number of hydrogen-bond acceptors (Lipinski definition) is 3. The molecule has 0 fully saturated rings. The summed E-state index contributed by atoms with van der Waals surface area (Å²) in [6.45, 7) is 6.58. The Labute approximate surface area is 113 Å². The van der Waals surface area contributed by atoms with Gasteiger partial charge in [-0.3, -0.25) is 9.80 Å². The summed E-state index contributed by atoms with van der Waals surface area (Å²) >= 11 is 0. The highest BCUT2D eigenvalue weighted by Crippen LogP contribution is 2.18. The van der Waals surface area contributed by atoms with Crippen LogP contribution in [0, 0.1) is 0 Å². The lowest BCUT2D eigenvalue weighted by molar-refractivity contribution is 0.1000. The summed E-state index contributed by atoms with van der Waals surface area (Å²) in [6, 6.07) is 7.05. The van der Waals surface area contributed by atoms with Gasteiger partial charge in [0.1, 0.15) is 0 Å². The molecule has 6 heteroatoms. The van der Waals surface area contributed by atoms with E-state index in [9.17, 15) is 4.79 Å². The van der Waals surface area contributed by atoms with Gasteiger partial charge in [0, 0.05) is 5.56 Å². The minimum Gasteiger partial charge on any atom is -0.369 e. The van der Waals surface area contributed by atoms with Gasteiger partial charge in [0.05, 0.1) is 12.1 Å². The zero-order chi connectivity index (χ0) is 14.6. The molecule has 0 bridgehead atoms. The van der Waals surface area contributed by atoms with Gasteiger partial charge in [-0.15, -0.1) is 5.10 Å². The SMILES string of the molecule is CC(C)(C)N(Cc1ccc(C(N)=O)cc1)N=C(N)N. The number of hydrazone groups is 1. The van der Waals surface area contributed by atoms with E-state index in [2.05, 4.69) is 5.10 Å². The first-order chi connectivity index (χ1) is 8.70. The van der Waals surface area contributed by atoms with Crippen molar-refractivity contribution in [2.75, 3.05) is 0 Å². The van der Waals surface area contributed by atoms with E-state index in [-0.39, 0.29) is 11.5 Å². The summed E-state index contributed by atoms with van der Waals surface area (Å²) < 4.78 is 0. The van der Waals surface area contributed by atoms with Gasteiger partial charge in [0.25, 0.3) is 0 Å². The predicted molar refractivity (Wildman–Crippen MR) is 76.1 cm³/mol. The molecule has 6 nitrogen and oxygen atoms in total. The Balaban J connectivity index is 2.91. The third-order valence-corrected chi connectivity index (χ3v) is 2.58. The third kappa shape index (κ3) is 4.50. The number of benzene rings is 1. The largest absolute Gasteiger partial charge is 0.369 e. The second-order valence-corrected chi connectivity index (χ2v) is 5.31. The number of rotatable bonds is 4. The maximum atomic E-state index is 11.0. The summed E-state index contributed by atoms with van der Waals surface area (Å²) in [7, 11) is 0. The van der Waals surface area contributed by atoms with Crippen molar-refractivity contribution >= 4 is 11.9 Å². The molecule has 0 aromatic heterocycles. The standard InChI is InChI=1S/C13H21N5O/c1-13(2,3)18(17-12(15)16)8-9-4-6-10(7-5-9)11(14)19/h4-7H,8H2,1-3H3,(H2,14,19)(H4,15,16,17). The third-order valence-electron chi connectivity index (χ3n) is 2.58. The first kappa shape index (κ1) is 14.8. The number of guanidine groups is 1. The minimum atomic E-state index is -0.441. The number of carbonyl (C=O) groups is 1. The zero-order valence-corrected chi connectivity index (χ0v) is 11.6. The van der Waals surface area contributed by atoms with Gasteiger partial charge in [0.2, 0.25) is 11.9 Å². The molecule has 19 heavy (non-hydrogen) atoms. The summed E-state index contributed by atoms with van der Waals surface area (Å²) in [5, 5.41) is 5.91. The average Bonchev–Trinajstić information content (AvgIpc) is 2.27. The van der Waals surface area contributed by atoms with Crippen LogP contribution in [0.1, 0.15) is 36.7 Å². The summed E-state index contributed by atoms with van der Waals surface area (Å²) in [5.41, 5.74) is 17.3. The van der Waals surface area contributed by atoms with Gasteiger partial charge in [-0.05, 0) is 38.5 Å². The topological polar surface area (TPSA) is 111 Å². The van der Waals surface area contributed by atoms with Crippen LogP contribution in [0.4, 0.5) is 0 Å². The maximum Gasteiger partial charge on any atom is 0.248 e. The van der Waals surface area contributed by atoms with Gasteiger partial charge in [-0.2, -0.15) is 0 Å². The van der Waals surface area contributed by atoms with Crippen LogP contribution < -0.4 is 17.2 Å². The van der Waals surface area contributed by atoms with Crippen LogP contribution in [0.15, 0.2) is 29.4 Å². The van der Waals surface area contributed by atoms with Crippen LogP contribution in [0.5, 0.6) is 0 Å². The second kappa shape index (κ2) is 5.60. The van der Waals surface area contributed by atoms with Crippen molar-refractivity contribution in [3.63, 3.8) is 0 Å². The first-order valence-corrected chi connectivity index (χ1v) is 5.96. The molecule has 1 aromatic rings. The molecular formula is C13H21N5O. The van der Waals surface area contributed by atoms with Crippen LogP contribution in [0.2, 0.25) is 0 Å². The van der Waals surface area contributed by atoms with Crippen molar-refractivity contribution in [2.45, 2.75) is 32.9 Å². The monoisotopic (exact) mass is 263 g/mol. The molecule has 104 valence electrons. The number of hydrogen-bond donors (Lipinski definition) is 3. The van der Waals surface area contributed by atoms with Crippen molar-refractivity contribution in [3.8, 4) is 0 Å². The van der Waals surface area contributed by atoms with Crippen LogP contribution in [0.25, 0.3) is 0 Å². The van der Waals surface area contributed by atoms with Crippen molar-refractivity contribution in [3.05, 3.63) is 35.4 Å². The zero-order valence-electron chi connectivity index (χ0n) is 11.6. The Bertz CT molecular complexity index is 469. The summed E-state index contributed by atoms with van der Waals surface area (Å²) in [6.07, 6.45) is 0. The number of carbonyl (C=O) groups excluding carboxylic acids is 1. The average molecular weight is 263 g/mol. The molecule has 1 amide bonds. The Hall–Kier alpha value is -2.24. The van der Waals surface area contributed by atoms with Crippen LogP contribution in [-0.2, 0) is 6.54 Å². The fraction of sp³-hybridized carbons (Fsp3) is 0.385. The molecular weight excluding hydrogens is 242 g/mol. The van der Waals surface area contributed by atoms with Gasteiger partial charge < -0.3 is 17.2 Å². The van der Waals surface area contributed by atoms with Crippen LogP contribution in [-0.4, -0.2) is 22.4 Å². The van der Waals surface area contributed by atoms with E-state index in [1.54, 1.807) is 17.1 Å². The fourth-order valence-corrected chi connectivity index (χ4v) is 1.51. The highest BCUT2D eigenvalue weighted by molar-refractivity contribution is 5.92. The van der Waals surface area contributed by atoms with E-state index in [1.807, 2.05) is 32.9 Å². The van der Waals surface area contributed by atoms with E-state index in [0.29, 0.717) is 12.1 Å². The van der Waals surface area contributed by atoms with E-state index >= 15 is 0 Å². The van der Waals surface area contributed by atoms with E-state index in [0.717, 1.165) is 5.56 Å². The van der Waals surface area contributed by atoms with Gasteiger partial charge >= 0.3 is 0 Å². The number of amides is 1. The molecule has 0 heterocycles. The number of primary amides is 1. The predicted octanol–water partition coefficient (Wildman–Crippen LogP) is 0.574. The quantitative estimate of drug-likeness (QED) is 0.419. The molecule has 0 saturated carbocycles. The molecule has 1 rings (SSSR count). The highest BCUT2D eigenvalue weighted by Gasteiger charge is 2.20. The van der Waals surface area contributed by atoms with Crippen molar-refractivity contribution in [2.24, 2.45) is 22.3 Å².